The number of hydrogen-bond donors (Lipinski definition) is 0. The van der Waals surface area contributed by atoms with Crippen molar-refractivity contribution in [2.75, 3.05) is 0 Å². The number of non-ortho nitro benzene ring substituents is 2. The molecule has 8 nitrogen and oxygen atoms in total. The Kier molecular flexibility index (Phi) is 5.23. The Balaban J connectivity index is 2.01. The smallest absolute Gasteiger partial charge is 0.258 e. The fraction of sp³-hybridized carbons (Fsp3) is 0. The van der Waals surface area contributed by atoms with E-state index in [0.29, 0.717) is 32.5 Å². The van der Waals surface area contributed by atoms with E-state index in [4.69, 9.17) is 9.98 Å². The van der Waals surface area contributed by atoms with Crippen molar-refractivity contribution >= 4 is 22.8 Å². The van der Waals surface area contributed by atoms with Gasteiger partial charge in [-0.05, 0) is 12.1 Å². The Bertz CT molecular complexity index is 1570. The number of nitro groups is 2. The molecule has 0 N–H and O–H groups in total. The number of benzene rings is 4. The van der Waals surface area contributed by atoms with E-state index in [1.807, 2.05) is 60.7 Å². The van der Waals surface area contributed by atoms with Gasteiger partial charge in [0, 0.05) is 45.8 Å². The highest BCUT2D eigenvalue weighted by molar-refractivity contribution is 5.68. The molecule has 1 aliphatic heterocycles. The highest BCUT2D eigenvalue weighted by Crippen LogP contribution is 2.16. The Morgan fingerprint density at radius 1 is 0.529 bits per heavy atom. The van der Waals surface area contributed by atoms with Gasteiger partial charge in [0.1, 0.15) is 0 Å². The Hall–Kier alpha value is -4.98. The number of rotatable bonds is 4. The van der Waals surface area contributed by atoms with Gasteiger partial charge in [-0.25, -0.2) is 9.98 Å². The van der Waals surface area contributed by atoms with Crippen molar-refractivity contribution in [3.63, 3.8) is 0 Å². The first kappa shape index (κ1) is 20.9. The van der Waals surface area contributed by atoms with Crippen molar-refractivity contribution in [2.24, 2.45) is 9.98 Å². The molecular formula is C26H16N4O4. The van der Waals surface area contributed by atoms with Gasteiger partial charge in [0.2, 0.25) is 0 Å². The van der Waals surface area contributed by atoms with Gasteiger partial charge in [0.05, 0.1) is 32.0 Å². The molecule has 0 atom stereocenters. The predicted octanol–water partition coefficient (Wildman–Crippen LogP) is 2.77. The maximum atomic E-state index is 11.5. The molecule has 0 aliphatic carbocycles. The summed E-state index contributed by atoms with van der Waals surface area (Å²) in [6, 6.07) is 27.5. The second kappa shape index (κ2) is 8.51. The van der Waals surface area contributed by atoms with Gasteiger partial charge in [0.15, 0.2) is 0 Å². The lowest BCUT2D eigenvalue weighted by atomic mass is 10.1. The summed E-state index contributed by atoms with van der Waals surface area (Å²) in [6.45, 7) is 0. The Morgan fingerprint density at radius 2 is 0.912 bits per heavy atom. The third-order valence-corrected chi connectivity index (χ3v) is 5.45. The SMILES string of the molecule is O=[N+]([O-])c1ccc2/c(c1)=N/C(c1ccccc1)=c1/ccc([N+](=O)[O-])c/c1=N\C=2c1ccccc1. The van der Waals surface area contributed by atoms with Crippen LogP contribution in [0, 0.1) is 20.2 Å². The first-order valence-corrected chi connectivity index (χ1v) is 10.4. The molecule has 1 aliphatic rings. The second-order valence-corrected chi connectivity index (χ2v) is 7.57. The summed E-state index contributed by atoms with van der Waals surface area (Å²) in [5.41, 5.74) is 2.37. The molecule has 0 saturated carbocycles. The molecule has 4 aromatic carbocycles. The Morgan fingerprint density at radius 3 is 1.26 bits per heavy atom. The van der Waals surface area contributed by atoms with Crippen LogP contribution in [0.4, 0.5) is 11.4 Å². The van der Waals surface area contributed by atoms with Crippen molar-refractivity contribution in [1.29, 1.82) is 0 Å². The number of hydrogen-bond acceptors (Lipinski definition) is 6. The maximum absolute atomic E-state index is 11.5. The fourth-order valence-corrected chi connectivity index (χ4v) is 3.85. The summed E-state index contributed by atoms with van der Waals surface area (Å²) in [5, 5.41) is 25.0. The van der Waals surface area contributed by atoms with Crippen LogP contribution in [0.5, 0.6) is 0 Å². The van der Waals surface area contributed by atoms with E-state index < -0.39 is 9.85 Å². The highest BCUT2D eigenvalue weighted by Gasteiger charge is 2.14. The van der Waals surface area contributed by atoms with Gasteiger partial charge in [-0.2, -0.15) is 0 Å². The molecule has 4 aromatic rings. The third kappa shape index (κ3) is 3.84. The van der Waals surface area contributed by atoms with E-state index >= 15 is 0 Å². The molecule has 0 fully saturated rings. The van der Waals surface area contributed by atoms with Crippen LogP contribution in [0.25, 0.3) is 11.4 Å². The lowest BCUT2D eigenvalue weighted by Crippen LogP contribution is -2.35. The second-order valence-electron chi connectivity index (χ2n) is 7.57. The topological polar surface area (TPSA) is 111 Å². The van der Waals surface area contributed by atoms with Crippen molar-refractivity contribution in [3.05, 3.63) is 150 Å². The number of nitro benzene ring substituents is 2. The van der Waals surface area contributed by atoms with E-state index in [-0.39, 0.29) is 11.4 Å². The summed E-state index contributed by atoms with van der Waals surface area (Å²) in [7, 11) is 0. The fourth-order valence-electron chi connectivity index (χ4n) is 3.85. The van der Waals surface area contributed by atoms with Gasteiger partial charge in [-0.3, -0.25) is 20.2 Å². The average molecular weight is 448 g/mol. The molecule has 164 valence electrons. The minimum absolute atomic E-state index is 0.0909. The van der Waals surface area contributed by atoms with Crippen LogP contribution in [0.2, 0.25) is 0 Å². The zero-order valence-corrected chi connectivity index (χ0v) is 17.7. The average Bonchev–Trinajstić information content (AvgIpc) is 2.85. The summed E-state index contributed by atoms with van der Waals surface area (Å²) in [4.78, 5) is 31.8. The van der Waals surface area contributed by atoms with Crippen molar-refractivity contribution in [2.45, 2.75) is 0 Å². The number of fused-ring (bicyclic) bond motifs is 2. The molecule has 0 amide bonds. The number of nitrogens with zero attached hydrogens (tertiary/aromatic N) is 4. The molecule has 0 radical (unpaired) electrons. The molecule has 1 heterocycles. The first-order valence-electron chi connectivity index (χ1n) is 10.4. The largest absolute Gasteiger partial charge is 0.271 e. The normalized spacial score (nSPS) is 17.5. The van der Waals surface area contributed by atoms with Crippen molar-refractivity contribution in [1.82, 2.24) is 0 Å². The van der Waals surface area contributed by atoms with Gasteiger partial charge in [-0.15, -0.1) is 0 Å². The van der Waals surface area contributed by atoms with Crippen molar-refractivity contribution in [3.8, 4) is 0 Å². The molecule has 0 unspecified atom stereocenters. The predicted molar refractivity (Wildman–Crippen MR) is 126 cm³/mol. The zero-order chi connectivity index (χ0) is 23.7. The molecule has 8 heteroatoms. The lowest BCUT2D eigenvalue weighted by molar-refractivity contribution is -0.385. The van der Waals surface area contributed by atoms with Crippen LogP contribution in [-0.2, 0) is 0 Å². The van der Waals surface area contributed by atoms with Crippen LogP contribution >= 0.6 is 0 Å². The van der Waals surface area contributed by atoms with Gasteiger partial charge in [-0.1, -0.05) is 60.7 Å². The van der Waals surface area contributed by atoms with Crippen LogP contribution in [-0.4, -0.2) is 9.85 Å². The maximum Gasteiger partial charge on any atom is 0.271 e. The van der Waals surface area contributed by atoms with Crippen LogP contribution < -0.4 is 21.2 Å². The zero-order valence-electron chi connectivity index (χ0n) is 17.7. The van der Waals surface area contributed by atoms with E-state index in [1.165, 1.54) is 24.3 Å². The summed E-state index contributed by atoms with van der Waals surface area (Å²) >= 11 is 0. The van der Waals surface area contributed by atoms with Crippen molar-refractivity contribution < 1.29 is 9.85 Å². The molecule has 0 saturated heterocycles. The minimum Gasteiger partial charge on any atom is -0.258 e. The van der Waals surface area contributed by atoms with Gasteiger partial charge >= 0.3 is 0 Å². The van der Waals surface area contributed by atoms with Crippen LogP contribution in [0.3, 0.4) is 0 Å². The first-order chi connectivity index (χ1) is 16.5. The van der Waals surface area contributed by atoms with E-state index in [1.54, 1.807) is 12.1 Å². The van der Waals surface area contributed by atoms with Gasteiger partial charge in [0.25, 0.3) is 11.4 Å². The molecule has 0 spiro atoms. The molecule has 34 heavy (non-hydrogen) atoms. The van der Waals surface area contributed by atoms with Crippen LogP contribution in [0.15, 0.2) is 107 Å². The van der Waals surface area contributed by atoms with Gasteiger partial charge < -0.3 is 0 Å². The summed E-state index contributed by atoms with van der Waals surface area (Å²) in [6.07, 6.45) is 0. The third-order valence-electron chi connectivity index (χ3n) is 5.45. The molecule has 0 bridgehead atoms. The molecule has 0 aromatic heterocycles. The minimum atomic E-state index is -0.465. The monoisotopic (exact) mass is 448 g/mol. The lowest BCUT2D eigenvalue weighted by Gasteiger charge is -2.09. The highest BCUT2D eigenvalue weighted by atomic mass is 16.6. The summed E-state index contributed by atoms with van der Waals surface area (Å²) < 4.78 is 0. The van der Waals surface area contributed by atoms with E-state index in [2.05, 4.69) is 0 Å². The Labute approximate surface area is 192 Å². The molecular weight excluding hydrogens is 432 g/mol. The van der Waals surface area contributed by atoms with E-state index in [9.17, 15) is 20.2 Å². The van der Waals surface area contributed by atoms with E-state index in [0.717, 1.165) is 11.1 Å². The standard InChI is InChI=1S/C26H16N4O4/c31-29(32)19-11-13-21-23(15-19)28-26(18-9-5-2-6-10-18)22-14-12-20(30(33)34)16-24(22)27-25(21)17-7-3-1-4-8-17/h1-16H/b25-21-,26-22-,27-24+,27-25?,28-23+,28-26?. The van der Waals surface area contributed by atoms with Crippen LogP contribution in [0.1, 0.15) is 11.1 Å². The quantitative estimate of drug-likeness (QED) is 0.353. The summed E-state index contributed by atoms with van der Waals surface area (Å²) in [5.74, 6) is 0. The molecule has 5 rings (SSSR count).